The lowest BCUT2D eigenvalue weighted by Gasteiger charge is -2.33. The molecule has 6 heteroatoms. The van der Waals surface area contributed by atoms with Crippen molar-refractivity contribution in [2.75, 3.05) is 32.7 Å². The molecule has 1 aromatic carbocycles. The number of aliphatic hydroxyl groups excluding tert-OH is 1. The van der Waals surface area contributed by atoms with Gasteiger partial charge in [0.1, 0.15) is 6.10 Å². The van der Waals surface area contributed by atoms with Crippen LogP contribution < -0.4 is 10.6 Å². The van der Waals surface area contributed by atoms with Crippen LogP contribution in [-0.2, 0) is 0 Å². The molecule has 0 radical (unpaired) electrons. The van der Waals surface area contributed by atoms with Gasteiger partial charge in [-0.2, -0.15) is 0 Å². The third-order valence-electron chi connectivity index (χ3n) is 4.79. The van der Waals surface area contributed by atoms with Crippen molar-refractivity contribution in [3.63, 3.8) is 0 Å². The molecule has 1 aliphatic rings. The maximum atomic E-state index is 10.4. The number of aliphatic hydroxyl groups is 1. The predicted octanol–water partition coefficient (Wildman–Crippen LogP) is 3.19. The van der Waals surface area contributed by atoms with E-state index >= 15 is 0 Å². The quantitative estimate of drug-likeness (QED) is 0.479. The summed E-state index contributed by atoms with van der Waals surface area (Å²) < 4.78 is 0. The second kappa shape index (κ2) is 11.4. The lowest BCUT2D eigenvalue weighted by molar-refractivity contribution is 0.186. The van der Waals surface area contributed by atoms with Crippen LogP contribution in [0.15, 0.2) is 29.3 Å². The minimum absolute atomic E-state index is 0.286. The number of nitrogens with zero attached hydrogens (tertiary/aromatic N) is 2. The number of unbranched alkanes of at least 4 members (excludes halogenated alkanes) is 1. The van der Waals surface area contributed by atoms with Gasteiger partial charge in [0.05, 0.1) is 6.54 Å². The molecule has 0 amide bonds. The number of halogens is 1. The fraction of sp³-hybridized carbons (Fsp3) is 0.650. The van der Waals surface area contributed by atoms with Gasteiger partial charge >= 0.3 is 0 Å². The molecular formula is C20H33ClN4O. The van der Waals surface area contributed by atoms with E-state index in [1.165, 1.54) is 19.4 Å². The second-order valence-electron chi connectivity index (χ2n) is 6.87. The van der Waals surface area contributed by atoms with Gasteiger partial charge in [0, 0.05) is 36.3 Å². The van der Waals surface area contributed by atoms with Crippen molar-refractivity contribution < 1.29 is 5.11 Å². The molecule has 2 rings (SSSR count). The zero-order valence-electron chi connectivity index (χ0n) is 16.0. The molecule has 5 nitrogen and oxygen atoms in total. The monoisotopic (exact) mass is 380 g/mol. The van der Waals surface area contributed by atoms with Gasteiger partial charge < -0.3 is 20.6 Å². The summed E-state index contributed by atoms with van der Waals surface area (Å²) in [6, 6.07) is 7.81. The van der Waals surface area contributed by atoms with Gasteiger partial charge in [0.25, 0.3) is 0 Å². The van der Waals surface area contributed by atoms with E-state index in [1.807, 2.05) is 18.2 Å². The van der Waals surface area contributed by atoms with Crippen molar-refractivity contribution in [3.8, 4) is 0 Å². The van der Waals surface area contributed by atoms with Gasteiger partial charge in [-0.25, -0.2) is 0 Å². The molecule has 0 saturated carbocycles. The Balaban J connectivity index is 1.86. The Bertz CT molecular complexity index is 558. The molecule has 1 fully saturated rings. The maximum absolute atomic E-state index is 10.4. The summed E-state index contributed by atoms with van der Waals surface area (Å²) in [7, 11) is 0. The average Bonchev–Trinajstić information content (AvgIpc) is 2.66. The van der Waals surface area contributed by atoms with Gasteiger partial charge in [-0.3, -0.25) is 4.99 Å². The lowest BCUT2D eigenvalue weighted by atomic mass is 10.0. The van der Waals surface area contributed by atoms with Crippen molar-refractivity contribution in [3.05, 3.63) is 34.9 Å². The molecule has 1 aromatic rings. The molecule has 0 spiro atoms. The number of benzene rings is 1. The molecule has 1 unspecified atom stereocenters. The Morgan fingerprint density at radius 3 is 2.69 bits per heavy atom. The smallest absolute Gasteiger partial charge is 0.191 e. The highest BCUT2D eigenvalue weighted by Gasteiger charge is 2.19. The van der Waals surface area contributed by atoms with Crippen LogP contribution in [0.25, 0.3) is 0 Å². The fourth-order valence-electron chi connectivity index (χ4n) is 3.22. The van der Waals surface area contributed by atoms with Crippen LogP contribution in [-0.4, -0.2) is 54.7 Å². The Morgan fingerprint density at radius 1 is 1.31 bits per heavy atom. The van der Waals surface area contributed by atoms with E-state index in [9.17, 15) is 5.11 Å². The number of piperidine rings is 1. The minimum atomic E-state index is -0.699. The molecule has 1 saturated heterocycles. The summed E-state index contributed by atoms with van der Waals surface area (Å²) >= 11 is 6.16. The third kappa shape index (κ3) is 6.78. The number of likely N-dealkylation sites (tertiary alicyclic amines) is 1. The fourth-order valence-corrected chi connectivity index (χ4v) is 3.48. The highest BCUT2D eigenvalue weighted by Crippen LogP contribution is 2.22. The number of aliphatic imine (C=N–C) groups is 1. The Labute approximate surface area is 162 Å². The molecule has 1 aliphatic heterocycles. The summed E-state index contributed by atoms with van der Waals surface area (Å²) in [6.07, 6.45) is 4.09. The zero-order valence-corrected chi connectivity index (χ0v) is 16.8. The van der Waals surface area contributed by atoms with Gasteiger partial charge in [-0.15, -0.1) is 0 Å². The van der Waals surface area contributed by atoms with E-state index in [2.05, 4.69) is 34.4 Å². The zero-order chi connectivity index (χ0) is 18.8. The normalized spacial score (nSPS) is 17.9. The first-order chi connectivity index (χ1) is 12.6. The number of hydrogen-bond acceptors (Lipinski definition) is 3. The first kappa shape index (κ1) is 21.0. The van der Waals surface area contributed by atoms with E-state index in [0.29, 0.717) is 11.1 Å². The lowest BCUT2D eigenvalue weighted by Crippen LogP contribution is -2.48. The largest absolute Gasteiger partial charge is 0.386 e. The molecule has 0 bridgehead atoms. The summed E-state index contributed by atoms with van der Waals surface area (Å²) in [5.41, 5.74) is 0.720. The van der Waals surface area contributed by atoms with E-state index < -0.39 is 6.10 Å². The number of rotatable bonds is 8. The molecule has 3 N–H and O–H groups in total. The van der Waals surface area contributed by atoms with Crippen molar-refractivity contribution >= 4 is 17.6 Å². The van der Waals surface area contributed by atoms with Crippen molar-refractivity contribution in [1.29, 1.82) is 0 Å². The molecule has 1 heterocycles. The van der Waals surface area contributed by atoms with E-state index in [-0.39, 0.29) is 6.54 Å². The summed E-state index contributed by atoms with van der Waals surface area (Å²) in [5, 5.41) is 17.8. The first-order valence-electron chi connectivity index (χ1n) is 9.83. The number of hydrogen-bond donors (Lipinski definition) is 3. The van der Waals surface area contributed by atoms with Crippen molar-refractivity contribution in [1.82, 2.24) is 15.5 Å². The maximum Gasteiger partial charge on any atom is 0.191 e. The number of guanidine groups is 1. The van der Waals surface area contributed by atoms with Crippen molar-refractivity contribution in [2.24, 2.45) is 4.99 Å². The van der Waals surface area contributed by atoms with E-state index in [4.69, 9.17) is 11.6 Å². The van der Waals surface area contributed by atoms with Crippen LogP contribution in [0.2, 0.25) is 5.02 Å². The standard InChI is InChI=1S/C20H33ClN4O/c1-3-5-12-25-13-10-16(11-14-25)24-20(22-4-2)23-15-19(26)17-8-6-7-9-18(17)21/h6-9,16,19,26H,3-5,10-15H2,1-2H3,(H2,22,23,24). The molecule has 0 aromatic heterocycles. The van der Waals surface area contributed by atoms with Crippen LogP contribution in [0.4, 0.5) is 0 Å². The Kier molecular flexibility index (Phi) is 9.23. The average molecular weight is 381 g/mol. The molecule has 146 valence electrons. The highest BCUT2D eigenvalue weighted by molar-refractivity contribution is 6.31. The third-order valence-corrected chi connectivity index (χ3v) is 5.13. The van der Waals surface area contributed by atoms with E-state index in [1.54, 1.807) is 6.07 Å². The van der Waals surface area contributed by atoms with Gasteiger partial charge in [0.15, 0.2) is 5.96 Å². The molecule has 1 atom stereocenters. The second-order valence-corrected chi connectivity index (χ2v) is 7.28. The molecular weight excluding hydrogens is 348 g/mol. The Morgan fingerprint density at radius 2 is 2.04 bits per heavy atom. The summed E-state index contributed by atoms with van der Waals surface area (Å²) in [6.45, 7) is 8.86. The van der Waals surface area contributed by atoms with Gasteiger partial charge in [-0.1, -0.05) is 43.1 Å². The summed E-state index contributed by atoms with van der Waals surface area (Å²) in [5.74, 6) is 0.769. The van der Waals surface area contributed by atoms with Crippen LogP contribution in [0.5, 0.6) is 0 Å². The predicted molar refractivity (Wildman–Crippen MR) is 110 cm³/mol. The Hall–Kier alpha value is -1.30. The highest BCUT2D eigenvalue weighted by atomic mass is 35.5. The van der Waals surface area contributed by atoms with Crippen molar-refractivity contribution in [2.45, 2.75) is 51.7 Å². The van der Waals surface area contributed by atoms with Crippen LogP contribution in [0.1, 0.15) is 51.2 Å². The van der Waals surface area contributed by atoms with Crippen LogP contribution in [0, 0.1) is 0 Å². The topological polar surface area (TPSA) is 59.9 Å². The minimum Gasteiger partial charge on any atom is -0.386 e. The van der Waals surface area contributed by atoms with E-state index in [0.717, 1.165) is 44.0 Å². The number of nitrogens with one attached hydrogen (secondary N) is 2. The molecule has 0 aliphatic carbocycles. The van der Waals surface area contributed by atoms with Crippen LogP contribution >= 0.6 is 11.6 Å². The summed E-state index contributed by atoms with van der Waals surface area (Å²) in [4.78, 5) is 7.11. The van der Waals surface area contributed by atoms with Gasteiger partial charge in [-0.05, 0) is 38.8 Å². The molecule has 26 heavy (non-hydrogen) atoms. The van der Waals surface area contributed by atoms with Crippen LogP contribution in [0.3, 0.4) is 0 Å². The van der Waals surface area contributed by atoms with Gasteiger partial charge in [0.2, 0.25) is 0 Å². The SMILES string of the molecule is CCCCN1CCC(NC(=NCC(O)c2ccccc2Cl)NCC)CC1. The first-order valence-corrected chi connectivity index (χ1v) is 10.2.